The number of urea groups is 1. The van der Waals surface area contributed by atoms with Crippen molar-refractivity contribution in [2.24, 2.45) is 0 Å². The van der Waals surface area contributed by atoms with Gasteiger partial charge in [0.25, 0.3) is 0 Å². The molecule has 2 aromatic carbocycles. The van der Waals surface area contributed by atoms with Gasteiger partial charge in [-0.1, -0.05) is 18.2 Å². The molecule has 0 aliphatic carbocycles. The Balaban J connectivity index is 1.87. The highest BCUT2D eigenvalue weighted by Gasteiger charge is 2.10. The summed E-state index contributed by atoms with van der Waals surface area (Å²) in [7, 11) is 0. The number of nitrogens with one attached hydrogen (secondary N) is 2. The van der Waals surface area contributed by atoms with Crippen molar-refractivity contribution in [2.75, 3.05) is 18.1 Å². The van der Waals surface area contributed by atoms with E-state index in [1.165, 1.54) is 0 Å². The summed E-state index contributed by atoms with van der Waals surface area (Å²) in [5.74, 6) is 0. The number of amides is 2. The Labute approximate surface area is 141 Å². The van der Waals surface area contributed by atoms with E-state index >= 15 is 0 Å². The quantitative estimate of drug-likeness (QED) is 0.729. The van der Waals surface area contributed by atoms with E-state index in [1.807, 2.05) is 62.6 Å². The van der Waals surface area contributed by atoms with E-state index in [0.29, 0.717) is 0 Å². The van der Waals surface area contributed by atoms with Crippen LogP contribution in [-0.4, -0.2) is 23.9 Å². The van der Waals surface area contributed by atoms with Crippen LogP contribution in [0.2, 0.25) is 0 Å². The Morgan fingerprint density at radius 2 is 1.74 bits per heavy atom. The first-order chi connectivity index (χ1) is 11.0. The van der Waals surface area contributed by atoms with Crippen LogP contribution >= 0.6 is 11.8 Å². The number of aryl methyl sites for hydroxylation is 2. The van der Waals surface area contributed by atoms with Crippen LogP contribution in [0.5, 0.6) is 0 Å². The van der Waals surface area contributed by atoms with Crippen LogP contribution in [0.1, 0.15) is 22.8 Å². The van der Waals surface area contributed by atoms with Crippen LogP contribution in [0.4, 0.5) is 10.5 Å². The average Bonchev–Trinajstić information content (AvgIpc) is 2.51. The van der Waals surface area contributed by atoms with Gasteiger partial charge in [0.1, 0.15) is 0 Å². The van der Waals surface area contributed by atoms with Crippen LogP contribution in [0, 0.1) is 13.8 Å². The van der Waals surface area contributed by atoms with Crippen LogP contribution in [-0.2, 0) is 0 Å². The van der Waals surface area contributed by atoms with Gasteiger partial charge in [-0.05, 0) is 61.1 Å². The van der Waals surface area contributed by atoms with Gasteiger partial charge in [-0.25, -0.2) is 4.79 Å². The molecule has 122 valence electrons. The zero-order chi connectivity index (χ0) is 16.8. The molecule has 0 aliphatic rings. The maximum absolute atomic E-state index is 11.9. The zero-order valence-corrected chi connectivity index (χ0v) is 14.4. The number of carbonyl (C=O) groups is 1. The SMILES string of the molecule is CSc1ccc(C(O)CNC(=O)Nc2cc(C)cc(C)c2)cc1. The highest BCUT2D eigenvalue weighted by Crippen LogP contribution is 2.19. The third-order valence-corrected chi connectivity index (χ3v) is 4.18. The molecule has 0 radical (unpaired) electrons. The smallest absolute Gasteiger partial charge is 0.319 e. The number of rotatable bonds is 5. The van der Waals surface area contributed by atoms with Gasteiger partial charge in [-0.3, -0.25) is 0 Å². The van der Waals surface area contributed by atoms with Crippen LogP contribution in [0.25, 0.3) is 0 Å². The van der Waals surface area contributed by atoms with Crippen molar-refractivity contribution in [1.29, 1.82) is 0 Å². The molecule has 2 aromatic rings. The number of aliphatic hydroxyl groups excluding tert-OH is 1. The lowest BCUT2D eigenvalue weighted by molar-refractivity contribution is 0.175. The molecule has 1 unspecified atom stereocenters. The highest BCUT2D eigenvalue weighted by molar-refractivity contribution is 7.98. The van der Waals surface area contributed by atoms with Gasteiger partial charge >= 0.3 is 6.03 Å². The highest BCUT2D eigenvalue weighted by atomic mass is 32.2. The van der Waals surface area contributed by atoms with E-state index in [4.69, 9.17) is 0 Å². The van der Waals surface area contributed by atoms with E-state index in [1.54, 1.807) is 11.8 Å². The molecule has 2 rings (SSSR count). The molecule has 0 spiro atoms. The minimum absolute atomic E-state index is 0.162. The van der Waals surface area contributed by atoms with E-state index in [9.17, 15) is 9.90 Å². The number of hydrogen-bond acceptors (Lipinski definition) is 3. The molecule has 0 fully saturated rings. The molecule has 3 N–H and O–H groups in total. The monoisotopic (exact) mass is 330 g/mol. The average molecular weight is 330 g/mol. The first-order valence-electron chi connectivity index (χ1n) is 7.43. The Morgan fingerprint density at radius 1 is 1.13 bits per heavy atom. The fourth-order valence-corrected chi connectivity index (χ4v) is 2.76. The normalized spacial score (nSPS) is 11.8. The molecule has 5 heteroatoms. The van der Waals surface area contributed by atoms with Gasteiger partial charge in [0, 0.05) is 17.1 Å². The maximum atomic E-state index is 11.9. The minimum atomic E-state index is -0.726. The molecule has 0 heterocycles. The molecule has 2 amide bonds. The van der Waals surface area contributed by atoms with Crippen molar-refractivity contribution in [3.63, 3.8) is 0 Å². The summed E-state index contributed by atoms with van der Waals surface area (Å²) in [6.45, 7) is 4.13. The number of aliphatic hydroxyl groups is 1. The van der Waals surface area contributed by atoms with Crippen molar-refractivity contribution in [2.45, 2.75) is 24.8 Å². The lowest BCUT2D eigenvalue weighted by atomic mass is 10.1. The van der Waals surface area contributed by atoms with Crippen LogP contribution < -0.4 is 10.6 Å². The van der Waals surface area contributed by atoms with Crippen LogP contribution in [0.15, 0.2) is 47.4 Å². The number of benzene rings is 2. The second kappa shape index (κ2) is 8.04. The van der Waals surface area contributed by atoms with Crippen LogP contribution in [0.3, 0.4) is 0 Å². The maximum Gasteiger partial charge on any atom is 0.319 e. The van der Waals surface area contributed by atoms with E-state index in [-0.39, 0.29) is 12.6 Å². The van der Waals surface area contributed by atoms with E-state index in [0.717, 1.165) is 27.3 Å². The second-order valence-corrected chi connectivity index (χ2v) is 6.38. The molecule has 0 saturated carbocycles. The Morgan fingerprint density at radius 3 is 2.30 bits per heavy atom. The summed E-state index contributed by atoms with van der Waals surface area (Å²) in [6.07, 6.45) is 1.28. The first kappa shape index (κ1) is 17.4. The first-order valence-corrected chi connectivity index (χ1v) is 8.65. The molecule has 1 atom stereocenters. The topological polar surface area (TPSA) is 61.4 Å². The van der Waals surface area contributed by atoms with Gasteiger partial charge in [0.2, 0.25) is 0 Å². The molecule has 4 nitrogen and oxygen atoms in total. The van der Waals surface area contributed by atoms with Crippen molar-refractivity contribution in [1.82, 2.24) is 5.32 Å². The fraction of sp³-hybridized carbons (Fsp3) is 0.278. The van der Waals surface area contributed by atoms with Gasteiger partial charge < -0.3 is 15.7 Å². The van der Waals surface area contributed by atoms with Crippen molar-refractivity contribution < 1.29 is 9.90 Å². The Kier molecular flexibility index (Phi) is 6.07. The van der Waals surface area contributed by atoms with E-state index in [2.05, 4.69) is 10.6 Å². The Bertz CT molecular complexity index is 651. The third kappa shape index (κ3) is 5.30. The summed E-state index contributed by atoms with van der Waals surface area (Å²) in [5, 5.41) is 15.6. The van der Waals surface area contributed by atoms with Crippen molar-refractivity contribution in [3.8, 4) is 0 Å². The Hall–Kier alpha value is -1.98. The minimum Gasteiger partial charge on any atom is -0.387 e. The summed E-state index contributed by atoms with van der Waals surface area (Å²) in [6, 6.07) is 13.2. The molecular weight excluding hydrogens is 308 g/mol. The zero-order valence-electron chi connectivity index (χ0n) is 13.6. The van der Waals surface area contributed by atoms with E-state index < -0.39 is 6.10 Å². The van der Waals surface area contributed by atoms with Gasteiger partial charge in [-0.2, -0.15) is 0 Å². The van der Waals surface area contributed by atoms with Crippen molar-refractivity contribution in [3.05, 3.63) is 59.2 Å². The number of hydrogen-bond donors (Lipinski definition) is 3. The summed E-state index contributed by atoms with van der Waals surface area (Å²) in [4.78, 5) is 13.1. The van der Waals surface area contributed by atoms with Gasteiger partial charge in [0.15, 0.2) is 0 Å². The predicted octanol–water partition coefficient (Wildman–Crippen LogP) is 3.88. The molecule has 23 heavy (non-hydrogen) atoms. The second-order valence-electron chi connectivity index (χ2n) is 5.50. The van der Waals surface area contributed by atoms with Crippen molar-refractivity contribution >= 4 is 23.5 Å². The molecule has 0 saturated heterocycles. The predicted molar refractivity (Wildman–Crippen MR) is 96.1 cm³/mol. The fourth-order valence-electron chi connectivity index (χ4n) is 2.36. The summed E-state index contributed by atoms with van der Waals surface area (Å²) >= 11 is 1.65. The summed E-state index contributed by atoms with van der Waals surface area (Å²) < 4.78 is 0. The number of carbonyl (C=O) groups excluding carboxylic acids is 1. The standard InChI is InChI=1S/C18H22N2O2S/c1-12-8-13(2)10-15(9-12)20-18(22)19-11-17(21)14-4-6-16(23-3)7-5-14/h4-10,17,21H,11H2,1-3H3,(H2,19,20,22). The molecule has 0 aliphatic heterocycles. The third-order valence-electron chi connectivity index (χ3n) is 3.44. The lowest BCUT2D eigenvalue weighted by Crippen LogP contribution is -2.32. The number of anilines is 1. The number of thioether (sulfide) groups is 1. The summed E-state index contributed by atoms with van der Waals surface area (Å²) in [5.41, 5.74) is 3.72. The molecular formula is C18H22N2O2S. The lowest BCUT2D eigenvalue weighted by Gasteiger charge is -2.14. The largest absolute Gasteiger partial charge is 0.387 e. The van der Waals surface area contributed by atoms with Gasteiger partial charge in [-0.15, -0.1) is 11.8 Å². The van der Waals surface area contributed by atoms with Gasteiger partial charge in [0.05, 0.1) is 6.10 Å². The molecule has 0 bridgehead atoms. The molecule has 0 aromatic heterocycles.